The van der Waals surface area contributed by atoms with Crippen LogP contribution in [0.25, 0.3) is 10.9 Å². The van der Waals surface area contributed by atoms with Crippen LogP contribution in [0, 0.1) is 0 Å². The first kappa shape index (κ1) is 10.2. The summed E-state index contributed by atoms with van der Waals surface area (Å²) in [4.78, 5) is 24.1. The molecule has 76 valence electrons. The number of benzene rings is 1. The van der Waals surface area contributed by atoms with Crippen LogP contribution < -0.4 is 11.4 Å². The fourth-order valence-electron chi connectivity index (χ4n) is 1.04. The highest BCUT2D eigenvalue weighted by Gasteiger charge is 1.98. The summed E-state index contributed by atoms with van der Waals surface area (Å²) in [6.45, 7) is 4.00. The molecule has 4 heteroatoms. The number of aromatic amines is 1. The Kier molecular flexibility index (Phi) is 3.23. The molecule has 1 aromatic carbocycles. The lowest BCUT2D eigenvalue weighted by molar-refractivity contribution is 0.460. The average Bonchev–Trinajstić information content (AvgIpc) is 2.20. The van der Waals surface area contributed by atoms with Crippen LogP contribution in [0.4, 0.5) is 0 Å². The van der Waals surface area contributed by atoms with Crippen molar-refractivity contribution in [2.45, 2.75) is 13.8 Å². The summed E-state index contributed by atoms with van der Waals surface area (Å²) in [5.74, 6) is -0.723. The molecule has 0 atom stereocenters. The summed E-state index contributed by atoms with van der Waals surface area (Å²) in [6.07, 6.45) is 0. The number of aromatic nitrogens is 1. The highest BCUT2D eigenvalue weighted by molar-refractivity contribution is 5.76. The van der Waals surface area contributed by atoms with E-state index in [1.807, 2.05) is 13.8 Å². The van der Waals surface area contributed by atoms with Gasteiger partial charge in [-0.05, 0) is 12.1 Å². The normalized spacial score (nSPS) is 9.29. The molecule has 0 fully saturated rings. The first-order chi connectivity index (χ1) is 6.77. The van der Waals surface area contributed by atoms with E-state index in [-0.39, 0.29) is 1.43 Å². The van der Waals surface area contributed by atoms with E-state index in [9.17, 15) is 9.59 Å². The predicted molar refractivity (Wildman–Crippen MR) is 56.6 cm³/mol. The van der Waals surface area contributed by atoms with E-state index in [0.717, 1.165) is 0 Å². The van der Waals surface area contributed by atoms with Crippen LogP contribution in [0.5, 0.6) is 0 Å². The second-order valence-corrected chi connectivity index (χ2v) is 2.35. The van der Waals surface area contributed by atoms with Crippen LogP contribution in [-0.4, -0.2) is 4.98 Å². The maximum absolute atomic E-state index is 11.0. The van der Waals surface area contributed by atoms with Crippen LogP contribution in [0.3, 0.4) is 0 Å². The molecule has 0 amide bonds. The maximum Gasteiger partial charge on any atom is 0.419 e. The summed E-state index contributed by atoms with van der Waals surface area (Å²) in [6, 6.07) is 6.68. The van der Waals surface area contributed by atoms with Crippen LogP contribution in [0.2, 0.25) is 0 Å². The largest absolute Gasteiger partial charge is 0.419 e. The first-order valence-electron chi connectivity index (χ1n) is 4.39. The summed E-state index contributed by atoms with van der Waals surface area (Å²) >= 11 is 0. The van der Waals surface area contributed by atoms with E-state index in [1.165, 1.54) is 0 Å². The third-order valence-corrected chi connectivity index (χ3v) is 1.57. The minimum atomic E-state index is -0.723. The molecular formula is C10H13NO3. The molecule has 0 saturated carbocycles. The van der Waals surface area contributed by atoms with Crippen molar-refractivity contribution in [2.75, 3.05) is 0 Å². The lowest BCUT2D eigenvalue weighted by Crippen LogP contribution is -2.13. The monoisotopic (exact) mass is 195 g/mol. The van der Waals surface area contributed by atoms with Crippen molar-refractivity contribution in [3.63, 3.8) is 0 Å². The van der Waals surface area contributed by atoms with Crippen molar-refractivity contribution < 1.29 is 5.84 Å². The van der Waals surface area contributed by atoms with Gasteiger partial charge in [-0.15, -0.1) is 0 Å². The van der Waals surface area contributed by atoms with Crippen LogP contribution in [-0.2, 0) is 0 Å². The molecule has 0 aliphatic rings. The van der Waals surface area contributed by atoms with Crippen LogP contribution in [0.15, 0.2) is 38.3 Å². The van der Waals surface area contributed by atoms with Gasteiger partial charge in [0, 0.05) is 1.43 Å². The topological polar surface area (TPSA) is 63.1 Å². The van der Waals surface area contributed by atoms with Gasteiger partial charge < -0.3 is 4.42 Å². The van der Waals surface area contributed by atoms with Gasteiger partial charge in [0.2, 0.25) is 0 Å². The summed E-state index contributed by atoms with van der Waals surface area (Å²) in [7, 11) is 0. The number of nitrogens with one attached hydrogen (secondary N) is 1. The fourth-order valence-corrected chi connectivity index (χ4v) is 1.04. The SMILES string of the molecule is CC.O=c1[nH]c2ccccc2c(=O)o1.[HH]. The number of hydrogen-bond acceptors (Lipinski definition) is 3. The third kappa shape index (κ3) is 1.90. The number of rotatable bonds is 0. The number of para-hydroxylation sites is 1. The van der Waals surface area contributed by atoms with Crippen molar-refractivity contribution in [1.82, 2.24) is 4.98 Å². The van der Waals surface area contributed by atoms with E-state index >= 15 is 0 Å². The number of fused-ring (bicyclic) bond motifs is 1. The number of H-pyrrole nitrogens is 1. The van der Waals surface area contributed by atoms with Gasteiger partial charge in [-0.25, -0.2) is 9.59 Å². The molecule has 0 spiro atoms. The Bertz CT molecular complexity index is 530. The molecule has 1 heterocycles. The standard InChI is InChI=1S/C8H5NO3.C2H6.H2/c10-7-5-3-1-2-4-6(5)9-8(11)12-7;1-2;/h1-4H,(H,9,11);1-2H3;1H. The van der Waals surface area contributed by atoms with Crippen molar-refractivity contribution >= 4 is 10.9 Å². The molecule has 0 bridgehead atoms. The zero-order valence-corrected chi connectivity index (χ0v) is 8.03. The van der Waals surface area contributed by atoms with E-state index in [0.29, 0.717) is 10.9 Å². The van der Waals surface area contributed by atoms with Gasteiger partial charge in [-0.1, -0.05) is 26.0 Å². The van der Waals surface area contributed by atoms with Gasteiger partial charge >= 0.3 is 11.4 Å². The highest BCUT2D eigenvalue weighted by atomic mass is 16.4. The van der Waals surface area contributed by atoms with E-state index in [4.69, 9.17) is 0 Å². The zero-order chi connectivity index (χ0) is 10.6. The zero-order valence-electron chi connectivity index (χ0n) is 8.03. The van der Waals surface area contributed by atoms with Gasteiger partial charge in [0.25, 0.3) is 0 Å². The second kappa shape index (κ2) is 4.41. The molecule has 0 saturated heterocycles. The Morgan fingerprint density at radius 2 is 1.86 bits per heavy atom. The summed E-state index contributed by atoms with van der Waals surface area (Å²) in [5.41, 5.74) is -0.104. The minimum absolute atomic E-state index is 0. The maximum atomic E-state index is 11.0. The van der Waals surface area contributed by atoms with Crippen molar-refractivity contribution in [1.29, 1.82) is 0 Å². The molecule has 4 nitrogen and oxygen atoms in total. The smallest absolute Gasteiger partial charge is 0.372 e. The van der Waals surface area contributed by atoms with E-state index in [1.54, 1.807) is 24.3 Å². The molecule has 2 rings (SSSR count). The minimum Gasteiger partial charge on any atom is -0.372 e. The summed E-state index contributed by atoms with van der Waals surface area (Å²) < 4.78 is 4.32. The van der Waals surface area contributed by atoms with Crippen molar-refractivity contribution in [3.05, 3.63) is 45.2 Å². The molecule has 1 aromatic heterocycles. The van der Waals surface area contributed by atoms with Crippen molar-refractivity contribution in [2.24, 2.45) is 0 Å². The molecule has 0 aliphatic heterocycles. The molecule has 0 radical (unpaired) electrons. The Morgan fingerprint density at radius 1 is 1.21 bits per heavy atom. The van der Waals surface area contributed by atoms with Crippen LogP contribution in [0.1, 0.15) is 15.3 Å². The molecule has 1 N–H and O–H groups in total. The van der Waals surface area contributed by atoms with E-state index < -0.39 is 11.4 Å². The third-order valence-electron chi connectivity index (χ3n) is 1.57. The molecule has 0 aliphatic carbocycles. The van der Waals surface area contributed by atoms with Gasteiger partial charge in [0.15, 0.2) is 0 Å². The van der Waals surface area contributed by atoms with Gasteiger partial charge in [0.05, 0.1) is 10.9 Å². The molecule has 2 aromatic rings. The van der Waals surface area contributed by atoms with Gasteiger partial charge in [-0.2, -0.15) is 0 Å². The fraction of sp³-hybridized carbons (Fsp3) is 0.200. The quantitative estimate of drug-likeness (QED) is 0.696. The Balaban J connectivity index is 0.000000617. The lowest BCUT2D eigenvalue weighted by atomic mass is 10.2. The lowest BCUT2D eigenvalue weighted by Gasteiger charge is -1.91. The summed E-state index contributed by atoms with van der Waals surface area (Å²) in [5, 5.41) is 0.386. The predicted octanol–water partition coefficient (Wildman–Crippen LogP) is 1.75. The van der Waals surface area contributed by atoms with E-state index in [2.05, 4.69) is 9.40 Å². The second-order valence-electron chi connectivity index (χ2n) is 2.35. The highest BCUT2D eigenvalue weighted by Crippen LogP contribution is 2.01. The molecular weight excluding hydrogens is 182 g/mol. The van der Waals surface area contributed by atoms with Gasteiger partial charge in [0.1, 0.15) is 0 Å². The average molecular weight is 195 g/mol. The number of hydrogen-bond donors (Lipinski definition) is 1. The molecule has 14 heavy (non-hydrogen) atoms. The first-order valence-corrected chi connectivity index (χ1v) is 4.39. The van der Waals surface area contributed by atoms with Crippen LogP contribution >= 0.6 is 0 Å². The Labute approximate surface area is 81.7 Å². The van der Waals surface area contributed by atoms with Gasteiger partial charge in [-0.3, -0.25) is 4.98 Å². The Morgan fingerprint density at radius 3 is 2.57 bits per heavy atom. The Hall–Kier alpha value is -1.84. The van der Waals surface area contributed by atoms with Crippen molar-refractivity contribution in [3.8, 4) is 0 Å². The molecule has 0 unspecified atom stereocenters.